The minimum absolute atomic E-state index is 0.193. The zero-order valence-corrected chi connectivity index (χ0v) is 15.0. The molecule has 1 aliphatic rings. The molecule has 0 radical (unpaired) electrons. The number of furan rings is 1. The summed E-state index contributed by atoms with van der Waals surface area (Å²) in [4.78, 5) is 23.7. The van der Waals surface area contributed by atoms with Crippen LogP contribution in [-0.2, 0) is 20.7 Å². The lowest BCUT2D eigenvalue weighted by atomic mass is 9.85. The summed E-state index contributed by atoms with van der Waals surface area (Å²) in [6, 6.07) is 3.48. The molecule has 1 aromatic heterocycles. The molecule has 2 rings (SSSR count). The molecule has 1 saturated heterocycles. The van der Waals surface area contributed by atoms with Gasteiger partial charge >= 0.3 is 5.97 Å². The zero-order valence-electron chi connectivity index (χ0n) is 15.0. The summed E-state index contributed by atoms with van der Waals surface area (Å²) in [6.07, 6.45) is -0.484. The normalized spacial score (nSPS) is 25.5. The highest BCUT2D eigenvalue weighted by Gasteiger charge is 2.42. The highest BCUT2D eigenvalue weighted by atomic mass is 16.5. The maximum Gasteiger partial charge on any atom is 0.333 e. The lowest BCUT2D eigenvalue weighted by Crippen LogP contribution is -2.42. The van der Waals surface area contributed by atoms with Gasteiger partial charge < -0.3 is 19.6 Å². The molecule has 1 fully saturated rings. The summed E-state index contributed by atoms with van der Waals surface area (Å²) in [6.45, 7) is 9.85. The number of carbonyl (C=O) groups excluding carboxylic acids is 1. The van der Waals surface area contributed by atoms with Crippen molar-refractivity contribution in [2.45, 2.75) is 65.7 Å². The van der Waals surface area contributed by atoms with Crippen LogP contribution in [0.3, 0.4) is 0 Å². The second-order valence-electron chi connectivity index (χ2n) is 7.56. The number of ether oxygens (including phenoxy) is 1. The lowest BCUT2D eigenvalue weighted by Gasteiger charge is -2.30. The standard InChI is InChI=1S/C18H27NO5/c1-6-11-7-8-12(23-11)15(18(3,4)5)19-16(20)13-9-10(2)14(24-13)17(21)22/h7-8,10,13-15H,6,9H2,1-5H3,(H,19,20)(H,21,22)/t10-,13-,14-,15?/m0/s1. The Balaban J connectivity index is 2.13. The zero-order chi connectivity index (χ0) is 18.1. The van der Waals surface area contributed by atoms with Gasteiger partial charge in [-0.3, -0.25) is 4.79 Å². The van der Waals surface area contributed by atoms with E-state index in [0.717, 1.165) is 12.2 Å². The van der Waals surface area contributed by atoms with Crippen LogP contribution in [0.15, 0.2) is 16.5 Å². The van der Waals surface area contributed by atoms with Crippen LogP contribution in [-0.4, -0.2) is 29.2 Å². The predicted octanol–water partition coefficient (Wildman–Crippen LogP) is 2.92. The Kier molecular flexibility index (Phi) is 5.38. The largest absolute Gasteiger partial charge is 0.479 e. The van der Waals surface area contributed by atoms with Crippen LogP contribution in [0.4, 0.5) is 0 Å². The highest BCUT2D eigenvalue weighted by Crippen LogP contribution is 2.35. The second kappa shape index (κ2) is 6.97. The van der Waals surface area contributed by atoms with Crippen LogP contribution < -0.4 is 5.32 Å². The van der Waals surface area contributed by atoms with Gasteiger partial charge in [-0.05, 0) is 29.9 Å². The minimum atomic E-state index is -1.02. The van der Waals surface area contributed by atoms with Gasteiger partial charge in [0.15, 0.2) is 6.10 Å². The number of carboxylic acids is 1. The second-order valence-corrected chi connectivity index (χ2v) is 7.56. The molecular formula is C18H27NO5. The topological polar surface area (TPSA) is 88.8 Å². The van der Waals surface area contributed by atoms with Crippen molar-refractivity contribution in [1.29, 1.82) is 0 Å². The summed E-state index contributed by atoms with van der Waals surface area (Å²) >= 11 is 0. The van der Waals surface area contributed by atoms with E-state index in [4.69, 9.17) is 14.3 Å². The van der Waals surface area contributed by atoms with Crippen molar-refractivity contribution in [3.63, 3.8) is 0 Å². The van der Waals surface area contributed by atoms with E-state index in [1.807, 2.05) is 39.8 Å². The van der Waals surface area contributed by atoms with Crippen molar-refractivity contribution < 1.29 is 23.8 Å². The maximum absolute atomic E-state index is 12.6. The van der Waals surface area contributed by atoms with Gasteiger partial charge in [-0.1, -0.05) is 34.6 Å². The summed E-state index contributed by atoms with van der Waals surface area (Å²) in [5.41, 5.74) is -0.255. The van der Waals surface area contributed by atoms with Gasteiger partial charge in [-0.15, -0.1) is 0 Å². The van der Waals surface area contributed by atoms with E-state index in [0.29, 0.717) is 12.2 Å². The number of aliphatic carboxylic acids is 1. The molecule has 1 aromatic rings. The van der Waals surface area contributed by atoms with Gasteiger partial charge in [-0.2, -0.15) is 0 Å². The van der Waals surface area contributed by atoms with Crippen molar-refractivity contribution in [3.8, 4) is 0 Å². The Morgan fingerprint density at radius 2 is 2.04 bits per heavy atom. The first kappa shape index (κ1) is 18.5. The van der Waals surface area contributed by atoms with Crippen molar-refractivity contribution in [2.75, 3.05) is 0 Å². The molecule has 0 aromatic carbocycles. The van der Waals surface area contributed by atoms with Gasteiger partial charge in [0, 0.05) is 6.42 Å². The number of carboxylic acid groups (broad SMARTS) is 1. The van der Waals surface area contributed by atoms with Crippen molar-refractivity contribution in [1.82, 2.24) is 5.32 Å². The number of aryl methyl sites for hydroxylation is 1. The number of carbonyl (C=O) groups is 2. The molecule has 1 amide bonds. The average Bonchev–Trinajstić information content (AvgIpc) is 3.09. The van der Waals surface area contributed by atoms with Crippen LogP contribution in [0.5, 0.6) is 0 Å². The fourth-order valence-electron chi connectivity index (χ4n) is 2.99. The molecule has 4 atom stereocenters. The molecule has 24 heavy (non-hydrogen) atoms. The van der Waals surface area contributed by atoms with Gasteiger partial charge in [0.1, 0.15) is 17.6 Å². The molecule has 0 bridgehead atoms. The van der Waals surface area contributed by atoms with Gasteiger partial charge in [0.05, 0.1) is 6.04 Å². The molecule has 1 unspecified atom stereocenters. The summed E-state index contributed by atoms with van der Waals surface area (Å²) in [5.74, 6) is 0.0594. The molecule has 1 aliphatic heterocycles. The lowest BCUT2D eigenvalue weighted by molar-refractivity contribution is -0.153. The molecular weight excluding hydrogens is 310 g/mol. The van der Waals surface area contributed by atoms with Crippen LogP contribution >= 0.6 is 0 Å². The number of amides is 1. The maximum atomic E-state index is 12.6. The minimum Gasteiger partial charge on any atom is -0.479 e. The van der Waals surface area contributed by atoms with E-state index >= 15 is 0 Å². The van der Waals surface area contributed by atoms with Crippen LogP contribution in [0.2, 0.25) is 0 Å². The Bertz CT molecular complexity index is 601. The first-order chi connectivity index (χ1) is 11.1. The predicted molar refractivity (Wildman–Crippen MR) is 88.5 cm³/mol. The summed E-state index contributed by atoms with van der Waals surface area (Å²) in [7, 11) is 0. The Hall–Kier alpha value is -1.82. The van der Waals surface area contributed by atoms with Crippen LogP contribution in [0.1, 0.15) is 58.6 Å². The fourth-order valence-corrected chi connectivity index (χ4v) is 2.99. The van der Waals surface area contributed by atoms with Crippen molar-refractivity contribution >= 4 is 11.9 Å². The SMILES string of the molecule is CCc1ccc(C(NC(=O)[C@@H]2C[C@H](C)[C@@H](C(=O)O)O2)C(C)(C)C)o1. The van der Waals surface area contributed by atoms with E-state index in [-0.39, 0.29) is 23.3 Å². The van der Waals surface area contributed by atoms with E-state index in [1.54, 1.807) is 6.92 Å². The molecule has 6 heteroatoms. The molecule has 134 valence electrons. The molecule has 6 nitrogen and oxygen atoms in total. The molecule has 2 heterocycles. The van der Waals surface area contributed by atoms with E-state index < -0.39 is 18.2 Å². The Labute approximate surface area is 142 Å². The average molecular weight is 337 g/mol. The van der Waals surface area contributed by atoms with E-state index in [1.165, 1.54) is 0 Å². The first-order valence-electron chi connectivity index (χ1n) is 8.40. The van der Waals surface area contributed by atoms with Gasteiger partial charge in [0.2, 0.25) is 5.91 Å². The first-order valence-corrected chi connectivity index (χ1v) is 8.40. The van der Waals surface area contributed by atoms with Gasteiger partial charge in [0.25, 0.3) is 0 Å². The summed E-state index contributed by atoms with van der Waals surface area (Å²) in [5, 5.41) is 12.1. The molecule has 0 spiro atoms. The molecule has 0 saturated carbocycles. The van der Waals surface area contributed by atoms with E-state index in [2.05, 4.69) is 5.32 Å². The monoisotopic (exact) mass is 337 g/mol. The number of rotatable bonds is 5. The number of nitrogens with one attached hydrogen (secondary N) is 1. The Morgan fingerprint density at radius 3 is 2.50 bits per heavy atom. The summed E-state index contributed by atoms with van der Waals surface area (Å²) < 4.78 is 11.2. The number of hydrogen-bond donors (Lipinski definition) is 2. The quantitative estimate of drug-likeness (QED) is 0.862. The third-order valence-electron chi connectivity index (χ3n) is 4.42. The third-order valence-corrected chi connectivity index (χ3v) is 4.42. The smallest absolute Gasteiger partial charge is 0.333 e. The molecule has 2 N–H and O–H groups in total. The fraction of sp³-hybridized carbons (Fsp3) is 0.667. The van der Waals surface area contributed by atoms with E-state index in [9.17, 15) is 9.59 Å². The van der Waals surface area contributed by atoms with Crippen molar-refractivity contribution in [3.05, 3.63) is 23.7 Å². The molecule has 0 aliphatic carbocycles. The van der Waals surface area contributed by atoms with Crippen LogP contribution in [0.25, 0.3) is 0 Å². The van der Waals surface area contributed by atoms with Crippen LogP contribution in [0, 0.1) is 11.3 Å². The Morgan fingerprint density at radius 1 is 1.38 bits per heavy atom. The number of hydrogen-bond acceptors (Lipinski definition) is 4. The van der Waals surface area contributed by atoms with Crippen molar-refractivity contribution in [2.24, 2.45) is 11.3 Å². The van der Waals surface area contributed by atoms with Gasteiger partial charge in [-0.25, -0.2) is 4.79 Å². The third kappa shape index (κ3) is 3.98. The highest BCUT2D eigenvalue weighted by molar-refractivity contribution is 5.83.